The standard InChI is InChI=1S/C28H34N2O3S2/c1-4-7-12-20-18-19-21(13-8-5-2)29-27(20)22-14-11-17-25-28(22)30(26(6-3)35(31,32)33)23-15-9-10-16-24(23)34-25/h9-11,14-19,26H,4-8,12-13H2,1-3H3,(H,31,32,33). The van der Waals surface area contributed by atoms with Crippen LogP contribution in [0.3, 0.4) is 0 Å². The molecule has 0 spiro atoms. The van der Waals surface area contributed by atoms with Gasteiger partial charge in [0, 0.05) is 21.0 Å². The number of anilines is 2. The zero-order valence-corrected chi connectivity index (χ0v) is 22.3. The van der Waals surface area contributed by atoms with Crippen molar-refractivity contribution >= 4 is 33.3 Å². The second kappa shape index (κ2) is 11.1. The van der Waals surface area contributed by atoms with Crippen molar-refractivity contribution < 1.29 is 13.0 Å². The second-order valence-corrected chi connectivity index (χ2v) is 11.6. The summed E-state index contributed by atoms with van der Waals surface area (Å²) in [4.78, 5) is 8.88. The number of hydrogen-bond acceptors (Lipinski definition) is 5. The highest BCUT2D eigenvalue weighted by molar-refractivity contribution is 7.99. The topological polar surface area (TPSA) is 70.5 Å². The van der Waals surface area contributed by atoms with Gasteiger partial charge in [0.1, 0.15) is 0 Å². The SMILES string of the molecule is CCCCc1ccc(CCCC)c(-c2cccc3c2N(C(CC)S(=O)(=O)O)c2ccccc2S3)n1. The maximum absolute atomic E-state index is 12.6. The van der Waals surface area contributed by atoms with Gasteiger partial charge in [-0.3, -0.25) is 9.54 Å². The quantitative estimate of drug-likeness (QED) is 0.282. The molecule has 2 heterocycles. The Kier molecular flexibility index (Phi) is 8.19. The highest BCUT2D eigenvalue weighted by Gasteiger charge is 2.37. The number of benzene rings is 2. The summed E-state index contributed by atoms with van der Waals surface area (Å²) >= 11 is 1.63. The second-order valence-electron chi connectivity index (χ2n) is 8.99. The normalized spacial score (nSPS) is 13.9. The maximum atomic E-state index is 12.6. The molecule has 1 aromatic heterocycles. The molecule has 1 N–H and O–H groups in total. The number of aromatic nitrogens is 1. The van der Waals surface area contributed by atoms with Crippen molar-refractivity contribution in [3.63, 3.8) is 0 Å². The molecule has 0 saturated carbocycles. The van der Waals surface area contributed by atoms with E-state index in [9.17, 15) is 13.0 Å². The Bertz CT molecular complexity index is 1290. The number of rotatable bonds is 10. The van der Waals surface area contributed by atoms with Crippen LogP contribution in [0, 0.1) is 0 Å². The molecule has 35 heavy (non-hydrogen) atoms. The Morgan fingerprint density at radius 1 is 0.914 bits per heavy atom. The first-order valence-corrected chi connectivity index (χ1v) is 14.9. The number of para-hydroxylation sites is 2. The summed E-state index contributed by atoms with van der Waals surface area (Å²) in [5, 5.41) is -1.09. The van der Waals surface area contributed by atoms with E-state index in [0.29, 0.717) is 0 Å². The van der Waals surface area contributed by atoms with Crippen molar-refractivity contribution in [3.05, 3.63) is 65.9 Å². The van der Waals surface area contributed by atoms with Gasteiger partial charge in [-0.2, -0.15) is 8.42 Å². The highest BCUT2D eigenvalue weighted by Crippen LogP contribution is 2.53. The number of hydrogen-bond donors (Lipinski definition) is 1. The summed E-state index contributed by atoms with van der Waals surface area (Å²) in [6, 6.07) is 18.2. The van der Waals surface area contributed by atoms with Crippen molar-refractivity contribution in [1.82, 2.24) is 4.98 Å². The maximum Gasteiger partial charge on any atom is 0.286 e. The minimum absolute atomic E-state index is 0.248. The highest BCUT2D eigenvalue weighted by atomic mass is 32.2. The van der Waals surface area contributed by atoms with Crippen LogP contribution >= 0.6 is 11.8 Å². The number of unbranched alkanes of at least 4 members (excludes halogenated alkanes) is 2. The van der Waals surface area contributed by atoms with Crippen LogP contribution in [0.4, 0.5) is 11.4 Å². The lowest BCUT2D eigenvalue weighted by molar-refractivity contribution is 0.464. The van der Waals surface area contributed by atoms with E-state index < -0.39 is 15.5 Å². The minimum atomic E-state index is -4.35. The third-order valence-electron chi connectivity index (χ3n) is 6.44. The minimum Gasteiger partial charge on any atom is -0.319 e. The molecule has 1 atom stereocenters. The van der Waals surface area contributed by atoms with Crippen molar-refractivity contribution in [3.8, 4) is 11.3 Å². The van der Waals surface area contributed by atoms with E-state index in [0.717, 1.165) is 76.6 Å². The molecule has 0 amide bonds. The molecule has 0 bridgehead atoms. The molecule has 2 aromatic carbocycles. The molecule has 1 aliphatic heterocycles. The summed E-state index contributed by atoms with van der Waals surface area (Å²) in [5.74, 6) is 0. The third-order valence-corrected chi connectivity index (χ3v) is 8.79. The molecule has 4 rings (SSSR count). The van der Waals surface area contributed by atoms with Gasteiger partial charge in [-0.1, -0.05) is 75.7 Å². The average Bonchev–Trinajstić information content (AvgIpc) is 2.85. The van der Waals surface area contributed by atoms with Gasteiger partial charge in [0.05, 0.1) is 17.1 Å². The average molecular weight is 511 g/mol. The van der Waals surface area contributed by atoms with Crippen LogP contribution in [0.25, 0.3) is 11.3 Å². The van der Waals surface area contributed by atoms with Crippen LogP contribution in [-0.2, 0) is 23.0 Å². The summed E-state index contributed by atoms with van der Waals surface area (Å²) in [6.45, 7) is 6.15. The van der Waals surface area contributed by atoms with Crippen molar-refractivity contribution in [2.45, 2.75) is 80.9 Å². The zero-order valence-electron chi connectivity index (χ0n) is 20.7. The molecule has 0 fully saturated rings. The fourth-order valence-electron chi connectivity index (χ4n) is 4.68. The summed E-state index contributed by atoms with van der Waals surface area (Å²) < 4.78 is 35.5. The Morgan fingerprint density at radius 3 is 2.34 bits per heavy atom. The van der Waals surface area contributed by atoms with Crippen LogP contribution in [0.5, 0.6) is 0 Å². The lowest BCUT2D eigenvalue weighted by atomic mass is 9.98. The fraction of sp³-hybridized carbons (Fsp3) is 0.393. The number of fused-ring (bicyclic) bond motifs is 2. The number of aryl methyl sites for hydroxylation is 2. The molecule has 0 radical (unpaired) electrons. The zero-order chi connectivity index (χ0) is 25.0. The van der Waals surface area contributed by atoms with Crippen molar-refractivity contribution in [2.24, 2.45) is 0 Å². The Labute approximate surface area is 213 Å². The monoisotopic (exact) mass is 510 g/mol. The van der Waals surface area contributed by atoms with Gasteiger partial charge < -0.3 is 4.90 Å². The molecule has 0 aliphatic carbocycles. The molecular weight excluding hydrogens is 476 g/mol. The van der Waals surface area contributed by atoms with E-state index in [4.69, 9.17) is 4.98 Å². The Morgan fingerprint density at radius 2 is 1.63 bits per heavy atom. The summed E-state index contributed by atoms with van der Waals surface area (Å²) in [7, 11) is -4.35. The van der Waals surface area contributed by atoms with Gasteiger partial charge >= 0.3 is 0 Å². The Hall–Kier alpha value is -2.35. The summed E-state index contributed by atoms with van der Waals surface area (Å²) in [5.41, 5.74) is 5.65. The molecule has 3 aromatic rings. The predicted octanol–water partition coefficient (Wildman–Crippen LogP) is 7.66. The number of pyridine rings is 1. The van der Waals surface area contributed by atoms with Crippen LogP contribution in [0.2, 0.25) is 0 Å². The molecular formula is C28H34N2O3S2. The van der Waals surface area contributed by atoms with E-state index in [1.807, 2.05) is 47.4 Å². The smallest absolute Gasteiger partial charge is 0.286 e. The Balaban J connectivity index is 1.97. The lowest BCUT2D eigenvalue weighted by Crippen LogP contribution is -2.39. The molecule has 1 unspecified atom stereocenters. The van der Waals surface area contributed by atoms with Gasteiger partial charge in [0.25, 0.3) is 10.1 Å². The van der Waals surface area contributed by atoms with Crippen molar-refractivity contribution in [1.29, 1.82) is 0 Å². The van der Waals surface area contributed by atoms with Gasteiger partial charge in [-0.25, -0.2) is 0 Å². The van der Waals surface area contributed by atoms with Crippen molar-refractivity contribution in [2.75, 3.05) is 4.90 Å². The van der Waals surface area contributed by atoms with Crippen LogP contribution in [0.15, 0.2) is 64.4 Å². The van der Waals surface area contributed by atoms with Gasteiger partial charge in [-0.15, -0.1) is 0 Å². The summed E-state index contributed by atoms with van der Waals surface area (Å²) in [6.07, 6.45) is 6.39. The fourth-order valence-corrected chi connectivity index (χ4v) is 6.69. The first kappa shape index (κ1) is 25.7. The van der Waals surface area contributed by atoms with Gasteiger partial charge in [-0.05, 0) is 61.9 Å². The first-order valence-electron chi connectivity index (χ1n) is 12.5. The largest absolute Gasteiger partial charge is 0.319 e. The number of nitrogens with zero attached hydrogens (tertiary/aromatic N) is 2. The van der Waals surface area contributed by atoms with E-state index in [1.54, 1.807) is 18.7 Å². The van der Waals surface area contributed by atoms with E-state index in [2.05, 4.69) is 26.0 Å². The molecule has 7 heteroatoms. The predicted molar refractivity (Wildman–Crippen MR) is 145 cm³/mol. The first-order chi connectivity index (χ1) is 16.9. The van der Waals surface area contributed by atoms with Crippen LogP contribution < -0.4 is 4.90 Å². The molecule has 186 valence electrons. The van der Waals surface area contributed by atoms with E-state index >= 15 is 0 Å². The van der Waals surface area contributed by atoms with Gasteiger partial charge in [0.2, 0.25) is 0 Å². The van der Waals surface area contributed by atoms with E-state index in [1.165, 1.54) is 5.56 Å². The lowest BCUT2D eigenvalue weighted by Gasteiger charge is -2.38. The molecule has 5 nitrogen and oxygen atoms in total. The van der Waals surface area contributed by atoms with E-state index in [-0.39, 0.29) is 6.42 Å². The third kappa shape index (κ3) is 5.42. The van der Waals surface area contributed by atoms with Gasteiger partial charge in [0.15, 0.2) is 5.37 Å². The molecule has 1 aliphatic rings. The van der Waals surface area contributed by atoms with Crippen LogP contribution in [0.1, 0.15) is 64.1 Å². The van der Waals surface area contributed by atoms with Crippen LogP contribution in [-0.4, -0.2) is 23.3 Å². The molecule has 0 saturated heterocycles.